The Bertz CT molecular complexity index is 875. The molecule has 0 saturated carbocycles. The Morgan fingerprint density at radius 3 is 2.52 bits per heavy atom. The first-order valence-corrected chi connectivity index (χ1v) is 10.1. The molecule has 2 aromatic carbocycles. The molecule has 2 aromatic rings. The fourth-order valence-corrected chi connectivity index (χ4v) is 3.51. The molecule has 0 radical (unpaired) electrons. The Hall–Kier alpha value is -2.17. The molecule has 7 nitrogen and oxygen atoms in total. The first-order valence-electron chi connectivity index (χ1n) is 9.33. The largest absolute Gasteiger partial charge is 0.379 e. The van der Waals surface area contributed by atoms with Crippen LogP contribution in [0.3, 0.4) is 0 Å². The maximum Gasteiger partial charge on any atom is 0.179 e. The van der Waals surface area contributed by atoms with E-state index < -0.39 is 0 Å². The second-order valence-electron chi connectivity index (χ2n) is 6.85. The maximum atomic E-state index is 13.4. The van der Waals surface area contributed by atoms with E-state index in [0.717, 1.165) is 38.4 Å². The van der Waals surface area contributed by atoms with E-state index in [4.69, 9.17) is 9.68 Å². The number of hydrogen-bond donors (Lipinski definition) is 2. The van der Waals surface area contributed by atoms with Crippen LogP contribution in [0.1, 0.15) is 11.1 Å². The minimum absolute atomic E-state index is 0.315. The molecule has 0 unspecified atom stereocenters. The predicted octanol–water partition coefficient (Wildman–Crippen LogP) is 3.37. The molecule has 1 saturated heterocycles. The predicted molar refractivity (Wildman–Crippen MR) is 109 cm³/mol. The van der Waals surface area contributed by atoms with Gasteiger partial charge in [-0.05, 0) is 45.3 Å². The van der Waals surface area contributed by atoms with Crippen LogP contribution in [0, 0.1) is 5.82 Å². The molecular weight excluding hydrogens is 443 g/mol. The Balaban J connectivity index is 1.33. The number of rotatable bonds is 6. The van der Waals surface area contributed by atoms with Crippen LogP contribution < -0.4 is 10.4 Å². The van der Waals surface area contributed by atoms with Crippen molar-refractivity contribution in [2.75, 3.05) is 31.4 Å². The summed E-state index contributed by atoms with van der Waals surface area (Å²) < 4.78 is 19.1. The van der Waals surface area contributed by atoms with Crippen LogP contribution >= 0.6 is 15.9 Å². The van der Waals surface area contributed by atoms with Gasteiger partial charge in [0.05, 0.1) is 29.6 Å². The zero-order valence-electron chi connectivity index (χ0n) is 15.7. The van der Waals surface area contributed by atoms with Crippen molar-refractivity contribution in [2.45, 2.75) is 13.1 Å². The number of nitrogens with one attached hydrogen (secondary N) is 1. The lowest BCUT2D eigenvalue weighted by Gasteiger charge is -2.26. The standard InChI is InChI=1S/C20H22BrFN4O3/c21-18-11-17(5-6-19(18)22)25-14-20(26(27)29-25)23-12-15-1-3-16(4-2-15)13-24-7-9-28-10-8-24/h1-6,11,14,23,27H,7-10,12-13H2. The van der Waals surface area contributed by atoms with E-state index >= 15 is 0 Å². The normalized spacial score (nSPS) is 17.6. The summed E-state index contributed by atoms with van der Waals surface area (Å²) in [6.45, 7) is 4.95. The number of ether oxygens (including phenoxy) is 1. The number of hydrogen-bond acceptors (Lipinski definition) is 7. The molecule has 0 spiro atoms. The van der Waals surface area contributed by atoms with E-state index in [0.29, 0.717) is 27.8 Å². The third-order valence-electron chi connectivity index (χ3n) is 4.78. The van der Waals surface area contributed by atoms with Crippen molar-refractivity contribution in [2.24, 2.45) is 0 Å². The van der Waals surface area contributed by atoms with Gasteiger partial charge in [0.15, 0.2) is 5.82 Å². The van der Waals surface area contributed by atoms with Gasteiger partial charge in [-0.15, -0.1) is 4.94 Å². The van der Waals surface area contributed by atoms with Crippen LogP contribution in [-0.2, 0) is 22.8 Å². The summed E-state index contributed by atoms with van der Waals surface area (Å²) in [6, 6.07) is 12.8. The minimum Gasteiger partial charge on any atom is -0.379 e. The van der Waals surface area contributed by atoms with Gasteiger partial charge in [-0.25, -0.2) is 4.39 Å². The molecule has 0 aromatic heterocycles. The second-order valence-corrected chi connectivity index (χ2v) is 7.71. The monoisotopic (exact) mass is 464 g/mol. The van der Waals surface area contributed by atoms with Crippen LogP contribution in [0.25, 0.3) is 0 Å². The Kier molecular flexibility index (Phi) is 6.31. The molecular formula is C20H22BrFN4O3. The zero-order chi connectivity index (χ0) is 20.2. The van der Waals surface area contributed by atoms with Gasteiger partial charge < -0.3 is 10.1 Å². The topological polar surface area (TPSA) is 60.4 Å². The van der Waals surface area contributed by atoms with Crippen molar-refractivity contribution < 1.29 is 19.3 Å². The number of morpholine rings is 1. The molecule has 2 heterocycles. The van der Waals surface area contributed by atoms with E-state index in [9.17, 15) is 9.60 Å². The molecule has 2 N–H and O–H groups in total. The quantitative estimate of drug-likeness (QED) is 0.679. The number of anilines is 1. The first-order chi connectivity index (χ1) is 14.1. The highest BCUT2D eigenvalue weighted by atomic mass is 79.9. The molecule has 4 rings (SSSR count). The van der Waals surface area contributed by atoms with Gasteiger partial charge in [0.1, 0.15) is 5.82 Å². The average molecular weight is 465 g/mol. The SMILES string of the molecule is ON1ON(c2ccc(F)c(Br)c2)C=C1NCc1ccc(CN2CCOCC2)cc1. The lowest BCUT2D eigenvalue weighted by atomic mass is 10.1. The second kappa shape index (κ2) is 9.10. The Morgan fingerprint density at radius 2 is 1.79 bits per heavy atom. The van der Waals surface area contributed by atoms with E-state index in [1.807, 2.05) is 0 Å². The molecule has 1 fully saturated rings. The van der Waals surface area contributed by atoms with Gasteiger partial charge in [0.25, 0.3) is 0 Å². The first kappa shape index (κ1) is 20.1. The van der Waals surface area contributed by atoms with Gasteiger partial charge >= 0.3 is 0 Å². The molecule has 2 aliphatic rings. The highest BCUT2D eigenvalue weighted by Gasteiger charge is 2.23. The summed E-state index contributed by atoms with van der Waals surface area (Å²) in [7, 11) is 0. The summed E-state index contributed by atoms with van der Waals surface area (Å²) in [4.78, 5) is 7.63. The minimum atomic E-state index is -0.367. The molecule has 154 valence electrons. The van der Waals surface area contributed by atoms with Crippen molar-refractivity contribution >= 4 is 21.6 Å². The number of benzene rings is 2. The number of halogens is 2. The summed E-state index contributed by atoms with van der Waals surface area (Å²) in [5, 5.41) is 15.1. The zero-order valence-corrected chi connectivity index (χ0v) is 17.3. The Morgan fingerprint density at radius 1 is 1.07 bits per heavy atom. The molecule has 9 heteroatoms. The summed E-state index contributed by atoms with van der Waals surface area (Å²) in [6.07, 6.45) is 1.59. The van der Waals surface area contributed by atoms with Crippen LogP contribution in [0.15, 0.2) is 59.0 Å². The maximum absolute atomic E-state index is 13.4. The van der Waals surface area contributed by atoms with Crippen molar-refractivity contribution in [3.8, 4) is 0 Å². The summed E-state index contributed by atoms with van der Waals surface area (Å²) in [5.41, 5.74) is 2.91. The van der Waals surface area contributed by atoms with Crippen LogP contribution in [0.4, 0.5) is 10.1 Å². The van der Waals surface area contributed by atoms with Gasteiger partial charge in [0.2, 0.25) is 0 Å². The fourth-order valence-electron chi connectivity index (χ4n) is 3.14. The van der Waals surface area contributed by atoms with E-state index in [1.54, 1.807) is 18.3 Å². The van der Waals surface area contributed by atoms with Crippen molar-refractivity contribution in [1.82, 2.24) is 15.4 Å². The summed E-state index contributed by atoms with van der Waals surface area (Å²) in [5.74, 6) is 0.0102. The van der Waals surface area contributed by atoms with E-state index in [2.05, 4.69) is 50.4 Å². The number of hydroxylamine groups is 3. The molecule has 0 aliphatic carbocycles. The van der Waals surface area contributed by atoms with Crippen molar-refractivity contribution in [1.29, 1.82) is 0 Å². The highest BCUT2D eigenvalue weighted by molar-refractivity contribution is 9.10. The lowest BCUT2D eigenvalue weighted by molar-refractivity contribution is -0.306. The average Bonchev–Trinajstić information content (AvgIpc) is 3.11. The van der Waals surface area contributed by atoms with Gasteiger partial charge in [-0.2, -0.15) is 5.06 Å². The fraction of sp³-hybridized carbons (Fsp3) is 0.300. The lowest BCUT2D eigenvalue weighted by Crippen LogP contribution is -2.35. The number of nitrogens with zero attached hydrogens (tertiary/aromatic N) is 3. The van der Waals surface area contributed by atoms with E-state index in [-0.39, 0.29) is 5.82 Å². The summed E-state index contributed by atoms with van der Waals surface area (Å²) >= 11 is 3.14. The van der Waals surface area contributed by atoms with E-state index in [1.165, 1.54) is 16.7 Å². The molecule has 2 aliphatic heterocycles. The smallest absolute Gasteiger partial charge is 0.179 e. The molecule has 0 atom stereocenters. The molecule has 29 heavy (non-hydrogen) atoms. The molecule has 0 bridgehead atoms. The van der Waals surface area contributed by atoms with Crippen LogP contribution in [-0.4, -0.2) is 41.6 Å². The van der Waals surface area contributed by atoms with Crippen molar-refractivity contribution in [3.05, 3.63) is 75.9 Å². The highest BCUT2D eigenvalue weighted by Crippen LogP contribution is 2.27. The van der Waals surface area contributed by atoms with Crippen molar-refractivity contribution in [3.63, 3.8) is 0 Å². The Labute approximate surface area is 176 Å². The van der Waals surface area contributed by atoms with Crippen LogP contribution in [0.2, 0.25) is 0 Å². The van der Waals surface area contributed by atoms with Gasteiger partial charge in [-0.3, -0.25) is 10.1 Å². The molecule has 0 amide bonds. The van der Waals surface area contributed by atoms with Crippen LogP contribution in [0.5, 0.6) is 0 Å². The van der Waals surface area contributed by atoms with Gasteiger partial charge in [0, 0.05) is 26.2 Å². The third kappa shape index (κ3) is 5.06. The third-order valence-corrected chi connectivity index (χ3v) is 5.38. The van der Waals surface area contributed by atoms with Gasteiger partial charge in [-0.1, -0.05) is 29.5 Å².